The van der Waals surface area contributed by atoms with E-state index in [9.17, 15) is 14.4 Å². The van der Waals surface area contributed by atoms with Crippen LogP contribution >= 0.6 is 11.6 Å². The number of amides is 2. The van der Waals surface area contributed by atoms with Crippen molar-refractivity contribution in [3.8, 4) is 11.8 Å². The van der Waals surface area contributed by atoms with E-state index in [0.29, 0.717) is 5.56 Å². The standard InChI is InChI=1S/C18H17ClN2O4/c19-14-9-11(10-20)5-6-15(14)25-16(22)7-8-21-17(23)12-3-1-2-4-13(12)18(21)24/h5-6,9,12-13H,1-4,7-8H2/t12-,13+. The third-order valence-electron chi connectivity index (χ3n) is 4.76. The molecule has 7 heteroatoms. The number of nitrogens with zero attached hydrogens (tertiary/aromatic N) is 2. The second-order valence-corrected chi connectivity index (χ2v) is 6.71. The number of carbonyl (C=O) groups excluding carboxylic acids is 3. The summed E-state index contributed by atoms with van der Waals surface area (Å²) >= 11 is 5.96. The van der Waals surface area contributed by atoms with Crippen LogP contribution in [0.25, 0.3) is 0 Å². The SMILES string of the molecule is N#Cc1ccc(OC(=O)CCN2C(=O)[C@H]3CCCC[C@H]3C2=O)c(Cl)c1. The number of carbonyl (C=O) groups is 3. The van der Waals surface area contributed by atoms with Crippen LogP contribution in [0.4, 0.5) is 0 Å². The number of imide groups is 1. The summed E-state index contributed by atoms with van der Waals surface area (Å²) in [7, 11) is 0. The van der Waals surface area contributed by atoms with Gasteiger partial charge in [0.25, 0.3) is 0 Å². The van der Waals surface area contributed by atoms with Crippen molar-refractivity contribution in [3.63, 3.8) is 0 Å². The van der Waals surface area contributed by atoms with Gasteiger partial charge >= 0.3 is 5.97 Å². The first-order valence-corrected chi connectivity index (χ1v) is 8.64. The highest BCUT2D eigenvalue weighted by molar-refractivity contribution is 6.32. The quantitative estimate of drug-likeness (QED) is 0.468. The van der Waals surface area contributed by atoms with Gasteiger partial charge in [-0.1, -0.05) is 24.4 Å². The first kappa shape index (κ1) is 17.4. The minimum atomic E-state index is -0.581. The van der Waals surface area contributed by atoms with E-state index < -0.39 is 5.97 Å². The predicted octanol–water partition coefficient (Wildman–Crippen LogP) is 2.68. The number of hydrogen-bond donors (Lipinski definition) is 0. The molecule has 2 atom stereocenters. The van der Waals surface area contributed by atoms with Gasteiger partial charge in [0.15, 0.2) is 0 Å². The summed E-state index contributed by atoms with van der Waals surface area (Å²) < 4.78 is 5.16. The lowest BCUT2D eigenvalue weighted by Crippen LogP contribution is -2.33. The molecule has 1 aromatic rings. The summed E-state index contributed by atoms with van der Waals surface area (Å²) in [4.78, 5) is 37.9. The lowest BCUT2D eigenvalue weighted by Gasteiger charge is -2.19. The van der Waals surface area contributed by atoms with Crippen LogP contribution in [0, 0.1) is 23.2 Å². The van der Waals surface area contributed by atoms with E-state index in [1.807, 2.05) is 6.07 Å². The maximum absolute atomic E-state index is 12.3. The van der Waals surface area contributed by atoms with E-state index in [4.69, 9.17) is 21.6 Å². The lowest BCUT2D eigenvalue weighted by molar-refractivity contribution is -0.141. The van der Waals surface area contributed by atoms with Gasteiger partial charge in [-0.05, 0) is 31.0 Å². The Hall–Kier alpha value is -2.39. The van der Waals surface area contributed by atoms with Crippen molar-refractivity contribution in [1.29, 1.82) is 5.26 Å². The molecule has 1 aliphatic heterocycles. The van der Waals surface area contributed by atoms with E-state index in [-0.39, 0.29) is 47.4 Å². The minimum absolute atomic E-state index is 0.0252. The van der Waals surface area contributed by atoms with Crippen LogP contribution in [0.15, 0.2) is 18.2 Å². The molecule has 130 valence electrons. The Morgan fingerprint density at radius 2 is 1.88 bits per heavy atom. The van der Waals surface area contributed by atoms with Gasteiger partial charge in [-0.25, -0.2) is 0 Å². The van der Waals surface area contributed by atoms with E-state index in [1.54, 1.807) is 0 Å². The highest BCUT2D eigenvalue weighted by atomic mass is 35.5. The summed E-state index contributed by atoms with van der Waals surface area (Å²) in [6.07, 6.45) is 3.34. The number of benzene rings is 1. The molecule has 3 rings (SSSR count). The molecule has 2 amide bonds. The van der Waals surface area contributed by atoms with Gasteiger partial charge in [-0.2, -0.15) is 5.26 Å². The monoisotopic (exact) mass is 360 g/mol. The second-order valence-electron chi connectivity index (χ2n) is 6.31. The molecule has 0 aromatic heterocycles. The fraction of sp³-hybridized carbons (Fsp3) is 0.444. The summed E-state index contributed by atoms with van der Waals surface area (Å²) in [6.45, 7) is 0.0252. The molecule has 0 N–H and O–H groups in total. The fourth-order valence-corrected chi connectivity index (χ4v) is 3.70. The molecule has 1 heterocycles. The molecule has 1 aliphatic carbocycles. The molecule has 2 aliphatic rings. The van der Waals surface area contributed by atoms with Crippen molar-refractivity contribution in [1.82, 2.24) is 4.90 Å². The molecule has 1 aromatic carbocycles. The van der Waals surface area contributed by atoms with Crippen LogP contribution in [0.3, 0.4) is 0 Å². The van der Waals surface area contributed by atoms with Crippen molar-refractivity contribution in [2.75, 3.05) is 6.54 Å². The van der Waals surface area contributed by atoms with Gasteiger partial charge in [0.1, 0.15) is 5.75 Å². The summed E-state index contributed by atoms with van der Waals surface area (Å²) in [5, 5.41) is 8.95. The van der Waals surface area contributed by atoms with Crippen molar-refractivity contribution in [2.45, 2.75) is 32.1 Å². The third-order valence-corrected chi connectivity index (χ3v) is 5.05. The van der Waals surface area contributed by atoms with Crippen LogP contribution in [-0.4, -0.2) is 29.2 Å². The molecule has 1 saturated carbocycles. The largest absolute Gasteiger partial charge is 0.425 e. The zero-order valence-corrected chi connectivity index (χ0v) is 14.3. The van der Waals surface area contributed by atoms with Crippen LogP contribution in [0.1, 0.15) is 37.7 Å². The van der Waals surface area contributed by atoms with Crippen LogP contribution in [0.5, 0.6) is 5.75 Å². The van der Waals surface area contributed by atoms with Crippen molar-refractivity contribution in [3.05, 3.63) is 28.8 Å². The predicted molar refractivity (Wildman–Crippen MR) is 88.6 cm³/mol. The van der Waals surface area contributed by atoms with E-state index in [1.165, 1.54) is 23.1 Å². The van der Waals surface area contributed by atoms with E-state index in [0.717, 1.165) is 25.7 Å². The number of likely N-dealkylation sites (tertiary alicyclic amines) is 1. The lowest BCUT2D eigenvalue weighted by atomic mass is 9.81. The normalized spacial score (nSPS) is 22.5. The highest BCUT2D eigenvalue weighted by Crippen LogP contribution is 2.38. The molecular weight excluding hydrogens is 344 g/mol. The average molecular weight is 361 g/mol. The highest BCUT2D eigenvalue weighted by Gasteiger charge is 2.47. The third kappa shape index (κ3) is 3.52. The van der Waals surface area contributed by atoms with Crippen molar-refractivity contribution in [2.24, 2.45) is 11.8 Å². The van der Waals surface area contributed by atoms with E-state index in [2.05, 4.69) is 0 Å². The summed E-state index contributed by atoms with van der Waals surface area (Å²) in [6, 6.07) is 6.28. The van der Waals surface area contributed by atoms with Gasteiger partial charge in [0.2, 0.25) is 11.8 Å². The van der Waals surface area contributed by atoms with Gasteiger partial charge in [0.05, 0.1) is 34.9 Å². The van der Waals surface area contributed by atoms with Crippen LogP contribution in [-0.2, 0) is 14.4 Å². The van der Waals surface area contributed by atoms with Gasteiger partial charge in [-0.15, -0.1) is 0 Å². The molecule has 1 saturated heterocycles. The maximum atomic E-state index is 12.3. The minimum Gasteiger partial charge on any atom is -0.425 e. The molecule has 0 unspecified atom stereocenters. The zero-order valence-electron chi connectivity index (χ0n) is 13.5. The first-order chi connectivity index (χ1) is 12.0. The Balaban J connectivity index is 1.58. The number of hydrogen-bond acceptors (Lipinski definition) is 5. The van der Waals surface area contributed by atoms with Crippen LogP contribution in [0.2, 0.25) is 5.02 Å². The average Bonchev–Trinajstić information content (AvgIpc) is 2.86. The Labute approximate surface area is 150 Å². The number of halogens is 1. The molecule has 6 nitrogen and oxygen atoms in total. The smallest absolute Gasteiger partial charge is 0.313 e. The van der Waals surface area contributed by atoms with Gasteiger partial charge in [-0.3, -0.25) is 19.3 Å². The second kappa shape index (κ2) is 7.24. The molecule has 25 heavy (non-hydrogen) atoms. The topological polar surface area (TPSA) is 87.5 Å². The van der Waals surface area contributed by atoms with Crippen LogP contribution < -0.4 is 4.74 Å². The van der Waals surface area contributed by atoms with Crippen molar-refractivity contribution >= 4 is 29.4 Å². The Morgan fingerprint density at radius 3 is 2.44 bits per heavy atom. The Morgan fingerprint density at radius 1 is 1.24 bits per heavy atom. The maximum Gasteiger partial charge on any atom is 0.313 e. The molecule has 2 fully saturated rings. The number of rotatable bonds is 4. The summed E-state index contributed by atoms with van der Waals surface area (Å²) in [5.41, 5.74) is 0.362. The Kier molecular flexibility index (Phi) is 5.05. The Bertz CT molecular complexity index is 747. The number of esters is 1. The number of ether oxygens (including phenoxy) is 1. The fourth-order valence-electron chi connectivity index (χ4n) is 3.48. The molecular formula is C18H17ClN2O4. The van der Waals surface area contributed by atoms with Gasteiger partial charge in [0, 0.05) is 6.54 Å². The zero-order chi connectivity index (χ0) is 18.0. The molecule has 0 spiro atoms. The van der Waals surface area contributed by atoms with Crippen molar-refractivity contribution < 1.29 is 19.1 Å². The number of nitriles is 1. The molecule has 0 bridgehead atoms. The van der Waals surface area contributed by atoms with E-state index >= 15 is 0 Å². The van der Waals surface area contributed by atoms with Gasteiger partial charge < -0.3 is 4.74 Å². The molecule has 0 radical (unpaired) electrons. The number of fused-ring (bicyclic) bond motifs is 1. The summed E-state index contributed by atoms with van der Waals surface area (Å²) in [5.74, 6) is -1.20. The first-order valence-electron chi connectivity index (χ1n) is 8.27.